The number of nitrogens with zero attached hydrogens (tertiary/aromatic N) is 2. The Bertz CT molecular complexity index is 1100. The highest BCUT2D eigenvalue weighted by Crippen LogP contribution is 2.27. The molecule has 2 aliphatic rings. The van der Waals surface area contributed by atoms with Gasteiger partial charge in [0, 0.05) is 30.4 Å². The number of hydrogen-bond donors (Lipinski definition) is 1. The minimum Gasteiger partial charge on any atom is -0.361 e. The molecule has 1 aromatic carbocycles. The van der Waals surface area contributed by atoms with Gasteiger partial charge in [0.15, 0.2) is 0 Å². The van der Waals surface area contributed by atoms with Crippen LogP contribution in [0.4, 0.5) is 5.69 Å². The van der Waals surface area contributed by atoms with Gasteiger partial charge in [-0.1, -0.05) is 43.4 Å². The van der Waals surface area contributed by atoms with Crippen LogP contribution in [0, 0.1) is 3.57 Å². The second-order valence-electron chi connectivity index (χ2n) is 10.6. The lowest BCUT2D eigenvalue weighted by atomic mass is 10.1. The van der Waals surface area contributed by atoms with E-state index in [2.05, 4.69) is 47.5 Å². The lowest BCUT2D eigenvalue weighted by Crippen LogP contribution is -2.54. The molecule has 1 atom stereocenters. The van der Waals surface area contributed by atoms with Crippen LogP contribution in [0.3, 0.4) is 0 Å². The highest BCUT2D eigenvalue weighted by atomic mass is 127. The molecule has 7 nitrogen and oxygen atoms in total. The Morgan fingerprint density at radius 2 is 1.94 bits per heavy atom. The number of amides is 3. The Hall–Kier alpha value is -2.24. The molecule has 9 heteroatoms. The van der Waals surface area contributed by atoms with E-state index < -0.39 is 14.1 Å². The van der Waals surface area contributed by atoms with Crippen molar-refractivity contribution in [3.05, 3.63) is 62.9 Å². The zero-order chi connectivity index (χ0) is 26.5. The maximum atomic E-state index is 14.0. The van der Waals surface area contributed by atoms with Crippen LogP contribution in [-0.2, 0) is 19.1 Å². The summed E-state index contributed by atoms with van der Waals surface area (Å²) in [6, 6.07) is 8.20. The van der Waals surface area contributed by atoms with Gasteiger partial charge in [0.2, 0.25) is 5.91 Å². The van der Waals surface area contributed by atoms with Gasteiger partial charge in [-0.2, -0.15) is 0 Å². The highest BCUT2D eigenvalue weighted by Gasteiger charge is 2.40. The molecule has 2 aliphatic heterocycles. The van der Waals surface area contributed by atoms with Crippen LogP contribution in [0.5, 0.6) is 0 Å². The summed E-state index contributed by atoms with van der Waals surface area (Å²) >= 11 is 2.21. The van der Waals surface area contributed by atoms with Crippen LogP contribution in [0.25, 0.3) is 0 Å². The monoisotopic (exact) mass is 621 g/mol. The molecule has 0 saturated carbocycles. The van der Waals surface area contributed by atoms with Crippen molar-refractivity contribution in [2.75, 3.05) is 24.8 Å². The number of para-hydroxylation sites is 1. The quantitative estimate of drug-likeness (QED) is 0.107. The number of halogens is 1. The molecule has 0 radical (unpaired) electrons. The van der Waals surface area contributed by atoms with Gasteiger partial charge < -0.3 is 15.0 Å². The van der Waals surface area contributed by atoms with Gasteiger partial charge in [-0.25, -0.2) is 0 Å². The number of rotatable bonds is 9. The highest BCUT2D eigenvalue weighted by molar-refractivity contribution is 14.1. The van der Waals surface area contributed by atoms with Gasteiger partial charge in [-0.15, -0.1) is 0 Å². The Labute approximate surface area is 228 Å². The summed E-state index contributed by atoms with van der Waals surface area (Å²) in [5, 5.41) is 2.74. The number of piperazine rings is 1. The summed E-state index contributed by atoms with van der Waals surface area (Å²) < 4.78 is 6.90. The Balaban J connectivity index is 1.95. The smallest absolute Gasteiger partial charge is 0.271 e. The van der Waals surface area contributed by atoms with Gasteiger partial charge in [0.1, 0.15) is 18.5 Å². The Morgan fingerprint density at radius 1 is 1.22 bits per heavy atom. The molecule has 1 aromatic rings. The fourth-order valence-electron chi connectivity index (χ4n) is 4.00. The third-order valence-corrected chi connectivity index (χ3v) is 8.67. The topological polar surface area (TPSA) is 79.0 Å². The third kappa shape index (κ3) is 7.39. The summed E-state index contributed by atoms with van der Waals surface area (Å²) in [5.74, 6) is -0.751. The largest absolute Gasteiger partial charge is 0.361 e. The van der Waals surface area contributed by atoms with Crippen LogP contribution in [0.1, 0.15) is 26.7 Å². The number of fused-ring (bicyclic) bond motifs is 1. The molecule has 1 N–H and O–H groups in total. The van der Waals surface area contributed by atoms with Crippen molar-refractivity contribution in [2.45, 2.75) is 58.4 Å². The number of anilines is 1. The van der Waals surface area contributed by atoms with E-state index >= 15 is 0 Å². The number of benzene rings is 1. The van der Waals surface area contributed by atoms with Crippen molar-refractivity contribution < 1.29 is 19.1 Å². The second kappa shape index (κ2) is 12.3. The molecule has 2 fully saturated rings. The first-order valence-electron chi connectivity index (χ1n) is 12.3. The molecule has 3 amide bonds. The zero-order valence-corrected chi connectivity index (χ0v) is 24.9. The molecule has 194 valence electrons. The summed E-state index contributed by atoms with van der Waals surface area (Å²) in [6.07, 6.45) is 6.50. The first-order valence-corrected chi connectivity index (χ1v) is 17.1. The van der Waals surface area contributed by atoms with E-state index in [0.29, 0.717) is 25.1 Å². The Kier molecular flexibility index (Phi) is 9.70. The Morgan fingerprint density at radius 3 is 2.61 bits per heavy atom. The number of carbonyl (C=O) groups excluding carboxylic acids is 3. The van der Waals surface area contributed by atoms with Crippen LogP contribution in [0.15, 0.2) is 59.3 Å². The maximum absolute atomic E-state index is 14.0. The van der Waals surface area contributed by atoms with E-state index in [1.165, 1.54) is 6.08 Å². The molecule has 2 heterocycles. The molecule has 2 saturated heterocycles. The van der Waals surface area contributed by atoms with Crippen LogP contribution in [-0.4, -0.2) is 56.6 Å². The molecule has 36 heavy (non-hydrogen) atoms. The SMILES string of the molecule is CC(C)=C/C=C(/C=C1\NC(=O)[C@@H]2CCCN2C1=O)C(=O)N(COCC[Si](C)(C)C)c1ccccc1I. The molecule has 0 aromatic heterocycles. The van der Waals surface area contributed by atoms with Crippen molar-refractivity contribution in [2.24, 2.45) is 0 Å². The lowest BCUT2D eigenvalue weighted by molar-refractivity contribution is -0.140. The summed E-state index contributed by atoms with van der Waals surface area (Å²) in [7, 11) is -1.29. The first kappa shape index (κ1) is 28.3. The molecule has 3 rings (SSSR count). The second-order valence-corrected chi connectivity index (χ2v) is 17.4. The van der Waals surface area contributed by atoms with Gasteiger partial charge in [0.05, 0.1) is 5.69 Å². The molecular formula is C27H36IN3O4Si. The minimum absolute atomic E-state index is 0.0904. The number of carbonyl (C=O) groups is 3. The van der Waals surface area contributed by atoms with Gasteiger partial charge in [-0.05, 0) is 79.6 Å². The maximum Gasteiger partial charge on any atom is 0.271 e. The van der Waals surface area contributed by atoms with Crippen molar-refractivity contribution in [1.29, 1.82) is 0 Å². The van der Waals surface area contributed by atoms with Gasteiger partial charge in [0.25, 0.3) is 11.8 Å². The molecule has 0 aliphatic carbocycles. The first-order chi connectivity index (χ1) is 17.0. The standard InChI is InChI=1S/C27H36IN3O4Si/c1-19(2)12-13-20(17-22-27(34)30-14-8-11-24(30)25(32)29-22)26(33)31(18-35-15-16-36(3,4)5)23-10-7-6-9-21(23)28/h6-7,9-10,12-13,17,24H,8,11,14-16,18H2,1-5H3,(H,29,32)/b20-13-,22-17-/t24-/m0/s1. The van der Waals surface area contributed by atoms with Crippen LogP contribution >= 0.6 is 22.6 Å². The van der Waals surface area contributed by atoms with E-state index in [1.54, 1.807) is 15.9 Å². The zero-order valence-electron chi connectivity index (χ0n) is 21.8. The fourth-order valence-corrected chi connectivity index (χ4v) is 5.43. The molecule has 0 bridgehead atoms. The van der Waals surface area contributed by atoms with Crippen LogP contribution < -0.4 is 10.2 Å². The van der Waals surface area contributed by atoms with Crippen molar-refractivity contribution in [1.82, 2.24) is 10.2 Å². The number of allylic oxidation sites excluding steroid dienone is 3. The number of ether oxygens (including phenoxy) is 1. The summed E-state index contributed by atoms with van der Waals surface area (Å²) in [5.41, 5.74) is 2.16. The predicted molar refractivity (Wildman–Crippen MR) is 154 cm³/mol. The predicted octanol–water partition coefficient (Wildman–Crippen LogP) is 4.83. The minimum atomic E-state index is -1.29. The summed E-state index contributed by atoms with van der Waals surface area (Å²) in [6.45, 7) is 11.9. The lowest BCUT2D eigenvalue weighted by Gasteiger charge is -2.31. The molecular weight excluding hydrogens is 585 g/mol. The van der Waals surface area contributed by atoms with E-state index in [4.69, 9.17) is 4.74 Å². The van der Waals surface area contributed by atoms with Gasteiger partial charge in [-0.3, -0.25) is 19.3 Å². The average Bonchev–Trinajstić information content (AvgIpc) is 3.30. The normalized spacial score (nSPS) is 19.3. The third-order valence-electron chi connectivity index (χ3n) is 6.05. The van der Waals surface area contributed by atoms with E-state index in [9.17, 15) is 14.4 Å². The number of nitrogens with one attached hydrogen (secondary N) is 1. The van der Waals surface area contributed by atoms with Crippen LogP contribution in [0.2, 0.25) is 25.7 Å². The van der Waals surface area contributed by atoms with E-state index in [-0.39, 0.29) is 30.1 Å². The van der Waals surface area contributed by atoms with Crippen molar-refractivity contribution in [3.8, 4) is 0 Å². The molecule has 0 unspecified atom stereocenters. The number of hydrogen-bond acceptors (Lipinski definition) is 4. The fraction of sp³-hybridized carbons (Fsp3) is 0.444. The average molecular weight is 622 g/mol. The summed E-state index contributed by atoms with van der Waals surface area (Å²) in [4.78, 5) is 42.9. The van der Waals surface area contributed by atoms with Gasteiger partial charge >= 0.3 is 0 Å². The van der Waals surface area contributed by atoms with E-state index in [1.807, 2.05) is 44.2 Å². The van der Waals surface area contributed by atoms with E-state index in [0.717, 1.165) is 27.3 Å². The molecule has 0 spiro atoms. The van der Waals surface area contributed by atoms with Crippen molar-refractivity contribution in [3.63, 3.8) is 0 Å². The van der Waals surface area contributed by atoms with Crippen molar-refractivity contribution >= 4 is 54.1 Å².